The molecule has 2 N–H and O–H groups in total. The Balaban J connectivity index is 0.000000845. The molecule has 0 aliphatic rings. The maximum Gasteiger partial charge on any atom is 0.137 e. The van der Waals surface area contributed by atoms with Crippen LogP contribution in [0.5, 0.6) is 0 Å². The highest BCUT2D eigenvalue weighted by Crippen LogP contribution is 2.06. The monoisotopic (exact) mass is 197 g/mol. The predicted molar refractivity (Wildman–Crippen MR) is 55.1 cm³/mol. The number of aromatic nitrogens is 2. The molecule has 2 rings (SSSR count). The first-order chi connectivity index (χ1) is 5.79. The van der Waals surface area contributed by atoms with Crippen LogP contribution in [0.2, 0.25) is 0 Å². The zero-order valence-corrected chi connectivity index (χ0v) is 8.21. The summed E-state index contributed by atoms with van der Waals surface area (Å²) in [6, 6.07) is 4.04. The lowest BCUT2D eigenvalue weighted by molar-refractivity contribution is 1.01. The Hall–Kier alpha value is -1.06. The normalized spacial score (nSPS) is 10.0. The fourth-order valence-corrected chi connectivity index (χ4v) is 1.25. The van der Waals surface area contributed by atoms with E-state index in [-0.39, 0.29) is 12.4 Å². The Bertz CT molecular complexity index is 408. The van der Waals surface area contributed by atoms with Crippen molar-refractivity contribution in [2.24, 2.45) is 5.73 Å². The summed E-state index contributed by atoms with van der Waals surface area (Å²) in [5, 5.41) is 0. The summed E-state index contributed by atoms with van der Waals surface area (Å²) in [5.74, 6) is 0. The van der Waals surface area contributed by atoms with Gasteiger partial charge in [-0.25, -0.2) is 4.98 Å². The zero-order chi connectivity index (χ0) is 8.55. The minimum Gasteiger partial charge on any atom is -0.325 e. The molecule has 0 atom stereocenters. The summed E-state index contributed by atoms with van der Waals surface area (Å²) >= 11 is 0. The number of fused-ring (bicyclic) bond motifs is 1. The number of nitrogens with zero attached hydrogens (tertiary/aromatic N) is 2. The molecule has 4 heteroatoms. The van der Waals surface area contributed by atoms with Crippen LogP contribution < -0.4 is 5.73 Å². The Morgan fingerprint density at radius 1 is 1.38 bits per heavy atom. The van der Waals surface area contributed by atoms with E-state index in [9.17, 15) is 0 Å². The molecule has 3 nitrogen and oxygen atoms in total. The van der Waals surface area contributed by atoms with E-state index in [4.69, 9.17) is 5.73 Å². The van der Waals surface area contributed by atoms with Crippen LogP contribution >= 0.6 is 12.4 Å². The first-order valence-electron chi connectivity index (χ1n) is 3.94. The van der Waals surface area contributed by atoms with Gasteiger partial charge in [0, 0.05) is 18.9 Å². The van der Waals surface area contributed by atoms with E-state index in [1.54, 1.807) is 0 Å². The molecule has 2 heterocycles. The Morgan fingerprint density at radius 2 is 2.15 bits per heavy atom. The van der Waals surface area contributed by atoms with Gasteiger partial charge in [0.25, 0.3) is 0 Å². The van der Waals surface area contributed by atoms with Gasteiger partial charge >= 0.3 is 0 Å². The highest BCUT2D eigenvalue weighted by atomic mass is 35.5. The van der Waals surface area contributed by atoms with Crippen molar-refractivity contribution >= 4 is 18.1 Å². The summed E-state index contributed by atoms with van der Waals surface area (Å²) < 4.78 is 2.00. The van der Waals surface area contributed by atoms with E-state index in [0.29, 0.717) is 6.54 Å². The van der Waals surface area contributed by atoms with Crippen molar-refractivity contribution in [2.45, 2.75) is 13.5 Å². The molecule has 0 spiro atoms. The molecule has 13 heavy (non-hydrogen) atoms. The van der Waals surface area contributed by atoms with E-state index in [2.05, 4.69) is 11.9 Å². The number of aryl methyl sites for hydroxylation is 1. The first kappa shape index (κ1) is 10.0. The van der Waals surface area contributed by atoms with Crippen molar-refractivity contribution in [3.05, 3.63) is 35.8 Å². The SMILES string of the molecule is Cc1ccc2nc(CN)cn2c1.Cl. The highest BCUT2D eigenvalue weighted by Gasteiger charge is 1.97. The maximum absolute atomic E-state index is 5.48. The molecule has 70 valence electrons. The molecule has 0 aliphatic heterocycles. The molecular formula is C9H12ClN3. The molecule has 2 aromatic heterocycles. The number of rotatable bonds is 1. The van der Waals surface area contributed by atoms with Gasteiger partial charge in [-0.1, -0.05) is 6.07 Å². The molecule has 0 amide bonds. The highest BCUT2D eigenvalue weighted by molar-refractivity contribution is 5.85. The minimum atomic E-state index is 0. The van der Waals surface area contributed by atoms with Gasteiger partial charge in [0.2, 0.25) is 0 Å². The second-order valence-electron chi connectivity index (χ2n) is 2.91. The van der Waals surface area contributed by atoms with Crippen LogP contribution in [-0.2, 0) is 6.54 Å². The largest absolute Gasteiger partial charge is 0.325 e. The van der Waals surface area contributed by atoms with Crippen LogP contribution in [0.3, 0.4) is 0 Å². The van der Waals surface area contributed by atoms with E-state index >= 15 is 0 Å². The molecule has 0 aromatic carbocycles. The predicted octanol–water partition coefficient (Wildman–Crippen LogP) is 1.52. The standard InChI is InChI=1S/C9H11N3.ClH/c1-7-2-3-9-11-8(4-10)6-12(9)5-7;/h2-3,5-6H,4,10H2,1H3;1H. The second-order valence-corrected chi connectivity index (χ2v) is 2.91. The first-order valence-corrected chi connectivity index (χ1v) is 3.94. The van der Waals surface area contributed by atoms with Crippen LogP contribution in [0.15, 0.2) is 24.5 Å². The van der Waals surface area contributed by atoms with Crippen LogP contribution in [-0.4, -0.2) is 9.38 Å². The van der Waals surface area contributed by atoms with Crippen molar-refractivity contribution in [1.29, 1.82) is 0 Å². The quantitative estimate of drug-likeness (QED) is 0.754. The van der Waals surface area contributed by atoms with Crippen molar-refractivity contribution in [3.63, 3.8) is 0 Å². The van der Waals surface area contributed by atoms with Gasteiger partial charge < -0.3 is 10.1 Å². The molecule has 0 radical (unpaired) electrons. The van der Waals surface area contributed by atoms with Crippen molar-refractivity contribution < 1.29 is 0 Å². The van der Waals surface area contributed by atoms with Crippen LogP contribution in [0.4, 0.5) is 0 Å². The van der Waals surface area contributed by atoms with Gasteiger partial charge in [0.05, 0.1) is 5.69 Å². The molecular weight excluding hydrogens is 186 g/mol. The van der Waals surface area contributed by atoms with Crippen LogP contribution in [0.25, 0.3) is 5.65 Å². The van der Waals surface area contributed by atoms with Crippen molar-refractivity contribution in [1.82, 2.24) is 9.38 Å². The third kappa shape index (κ3) is 1.82. The van der Waals surface area contributed by atoms with Gasteiger partial charge in [-0.2, -0.15) is 0 Å². The van der Waals surface area contributed by atoms with Crippen LogP contribution in [0.1, 0.15) is 11.3 Å². The molecule has 0 bridgehead atoms. The third-order valence-electron chi connectivity index (χ3n) is 1.86. The number of halogens is 1. The summed E-state index contributed by atoms with van der Waals surface area (Å²) in [6.07, 6.45) is 4.00. The van der Waals surface area contributed by atoms with E-state index in [0.717, 1.165) is 11.3 Å². The summed E-state index contributed by atoms with van der Waals surface area (Å²) in [7, 11) is 0. The van der Waals surface area contributed by atoms with Crippen molar-refractivity contribution in [2.75, 3.05) is 0 Å². The Kier molecular flexibility index (Phi) is 2.90. The van der Waals surface area contributed by atoms with Gasteiger partial charge in [0.15, 0.2) is 0 Å². The Labute approximate surface area is 83.0 Å². The van der Waals surface area contributed by atoms with E-state index in [1.165, 1.54) is 5.56 Å². The molecule has 0 saturated heterocycles. The second kappa shape index (κ2) is 3.77. The summed E-state index contributed by atoms with van der Waals surface area (Å²) in [6.45, 7) is 2.56. The lowest BCUT2D eigenvalue weighted by atomic mass is 10.3. The summed E-state index contributed by atoms with van der Waals surface area (Å²) in [4.78, 5) is 4.31. The fourth-order valence-electron chi connectivity index (χ4n) is 1.25. The summed E-state index contributed by atoms with van der Waals surface area (Å²) in [5.41, 5.74) is 8.59. The maximum atomic E-state index is 5.48. The van der Waals surface area contributed by atoms with Gasteiger partial charge in [-0.3, -0.25) is 0 Å². The molecule has 0 unspecified atom stereocenters. The van der Waals surface area contributed by atoms with E-state index < -0.39 is 0 Å². The fraction of sp³-hybridized carbons (Fsp3) is 0.222. The third-order valence-corrected chi connectivity index (χ3v) is 1.86. The average Bonchev–Trinajstić information content (AvgIpc) is 2.46. The van der Waals surface area contributed by atoms with E-state index in [1.807, 2.05) is 28.9 Å². The molecule has 2 aromatic rings. The number of pyridine rings is 1. The van der Waals surface area contributed by atoms with Gasteiger partial charge in [0.1, 0.15) is 5.65 Å². The number of hydrogen-bond acceptors (Lipinski definition) is 2. The number of imidazole rings is 1. The Morgan fingerprint density at radius 3 is 2.85 bits per heavy atom. The minimum absolute atomic E-state index is 0. The number of hydrogen-bond donors (Lipinski definition) is 1. The lowest BCUT2D eigenvalue weighted by Crippen LogP contribution is -1.95. The van der Waals surface area contributed by atoms with Crippen LogP contribution in [0, 0.1) is 6.92 Å². The zero-order valence-electron chi connectivity index (χ0n) is 7.40. The van der Waals surface area contributed by atoms with Crippen molar-refractivity contribution in [3.8, 4) is 0 Å². The molecule has 0 aliphatic carbocycles. The molecule has 0 fully saturated rings. The smallest absolute Gasteiger partial charge is 0.137 e. The average molecular weight is 198 g/mol. The number of nitrogens with two attached hydrogens (primary N) is 1. The van der Waals surface area contributed by atoms with Gasteiger partial charge in [-0.15, -0.1) is 12.4 Å². The van der Waals surface area contributed by atoms with Gasteiger partial charge in [-0.05, 0) is 18.6 Å². The topological polar surface area (TPSA) is 43.3 Å². The lowest BCUT2D eigenvalue weighted by Gasteiger charge is -1.92. The molecule has 0 saturated carbocycles.